The Morgan fingerprint density at radius 3 is 2.59 bits per heavy atom. The number of aromatic nitrogens is 2. The van der Waals surface area contributed by atoms with Crippen molar-refractivity contribution in [1.82, 2.24) is 19.8 Å². The highest BCUT2D eigenvalue weighted by atomic mass is 79.9. The molecule has 0 unspecified atom stereocenters. The highest BCUT2D eigenvalue weighted by Gasteiger charge is 2.16. The Morgan fingerprint density at radius 2 is 1.81 bits per heavy atom. The third-order valence-electron chi connectivity index (χ3n) is 5.83. The molecule has 0 atom stereocenters. The van der Waals surface area contributed by atoms with Crippen LogP contribution in [0.1, 0.15) is 12.8 Å². The van der Waals surface area contributed by atoms with Gasteiger partial charge in [0.2, 0.25) is 5.91 Å². The van der Waals surface area contributed by atoms with Gasteiger partial charge in [0.05, 0.1) is 17.2 Å². The lowest BCUT2D eigenvalue weighted by molar-refractivity contribution is -0.121. The van der Waals surface area contributed by atoms with Gasteiger partial charge in [0.25, 0.3) is 5.56 Å². The summed E-state index contributed by atoms with van der Waals surface area (Å²) < 4.78 is 2.33. The van der Waals surface area contributed by atoms with Crippen LogP contribution in [0.25, 0.3) is 10.9 Å². The number of amides is 1. The van der Waals surface area contributed by atoms with Crippen molar-refractivity contribution in [2.24, 2.45) is 0 Å². The van der Waals surface area contributed by atoms with Crippen LogP contribution in [-0.4, -0.2) is 59.6 Å². The summed E-state index contributed by atoms with van der Waals surface area (Å²) in [4.78, 5) is 34.0. The molecule has 1 amide bonds. The van der Waals surface area contributed by atoms with Gasteiger partial charge >= 0.3 is 0 Å². The van der Waals surface area contributed by atoms with Crippen LogP contribution in [0.4, 0.5) is 5.69 Å². The molecule has 2 heterocycles. The number of carbonyl (C=O) groups excluding carboxylic acids is 1. The number of anilines is 1. The molecule has 3 aromatic rings. The van der Waals surface area contributed by atoms with Crippen LogP contribution in [0.3, 0.4) is 0 Å². The maximum atomic E-state index is 12.6. The molecule has 0 radical (unpaired) electrons. The van der Waals surface area contributed by atoms with Crippen LogP contribution in [0, 0.1) is 0 Å². The van der Waals surface area contributed by atoms with Gasteiger partial charge in [-0.3, -0.25) is 19.1 Å². The molecule has 4 rings (SSSR count). The number of rotatable bonds is 8. The number of para-hydroxylation sites is 1. The summed E-state index contributed by atoms with van der Waals surface area (Å²) in [6.07, 6.45) is 2.69. The molecule has 32 heavy (non-hydrogen) atoms. The van der Waals surface area contributed by atoms with E-state index >= 15 is 0 Å². The molecule has 1 aromatic heterocycles. The number of nitrogens with zero attached hydrogens (tertiary/aromatic N) is 4. The minimum atomic E-state index is -0.126. The Balaban J connectivity index is 1.15. The minimum absolute atomic E-state index is 0.0415. The second kappa shape index (κ2) is 10.7. The van der Waals surface area contributed by atoms with Crippen LogP contribution >= 0.6 is 15.9 Å². The third kappa shape index (κ3) is 5.75. The summed E-state index contributed by atoms with van der Waals surface area (Å²) >= 11 is 3.38. The lowest BCUT2D eigenvalue weighted by Gasteiger charge is -2.36. The molecule has 8 heteroatoms. The van der Waals surface area contributed by atoms with Gasteiger partial charge in [0.1, 0.15) is 0 Å². The Labute approximate surface area is 196 Å². The van der Waals surface area contributed by atoms with Gasteiger partial charge in [-0.2, -0.15) is 0 Å². The fourth-order valence-corrected chi connectivity index (χ4v) is 4.36. The number of aryl methyl sites for hydroxylation is 1. The molecule has 2 aromatic carbocycles. The van der Waals surface area contributed by atoms with E-state index < -0.39 is 0 Å². The van der Waals surface area contributed by atoms with E-state index in [1.165, 1.54) is 16.6 Å². The zero-order chi connectivity index (χ0) is 22.3. The molecule has 168 valence electrons. The third-order valence-corrected chi connectivity index (χ3v) is 6.33. The quantitative estimate of drug-likeness (QED) is 0.484. The molecule has 1 saturated heterocycles. The van der Waals surface area contributed by atoms with Crippen molar-refractivity contribution in [1.29, 1.82) is 0 Å². The van der Waals surface area contributed by atoms with E-state index in [2.05, 4.69) is 60.3 Å². The number of nitrogens with one attached hydrogen (secondary N) is 1. The summed E-state index contributed by atoms with van der Waals surface area (Å²) in [6, 6.07) is 15.9. The standard InChI is InChI=1S/C24H28BrN5O2/c25-19-7-8-22-21(17-19)24(32)30(18-27-22)12-9-23(31)26-10-4-11-28-13-15-29(16-14-28)20-5-2-1-3-6-20/h1-3,5-8,17-18H,4,9-16H2,(H,26,31). The normalized spacial score (nSPS) is 14.6. The maximum absolute atomic E-state index is 12.6. The fourth-order valence-electron chi connectivity index (χ4n) is 4.00. The predicted octanol–water partition coefficient (Wildman–Crippen LogP) is 2.88. The average Bonchev–Trinajstić information content (AvgIpc) is 2.83. The van der Waals surface area contributed by atoms with Crippen molar-refractivity contribution in [2.45, 2.75) is 19.4 Å². The highest BCUT2D eigenvalue weighted by Crippen LogP contribution is 2.16. The van der Waals surface area contributed by atoms with Crippen molar-refractivity contribution < 1.29 is 4.79 Å². The summed E-state index contributed by atoms with van der Waals surface area (Å²) in [5.41, 5.74) is 1.81. The number of halogens is 1. The SMILES string of the molecule is O=C(CCn1cnc2ccc(Br)cc2c1=O)NCCCN1CCN(c2ccccc2)CC1. The Hall–Kier alpha value is -2.71. The molecular weight excluding hydrogens is 470 g/mol. The fraction of sp³-hybridized carbons (Fsp3) is 0.375. The summed E-state index contributed by atoms with van der Waals surface area (Å²) in [5, 5.41) is 3.52. The van der Waals surface area contributed by atoms with Crippen molar-refractivity contribution in [3.63, 3.8) is 0 Å². The zero-order valence-electron chi connectivity index (χ0n) is 18.0. The number of benzene rings is 2. The van der Waals surface area contributed by atoms with Gasteiger partial charge in [-0.25, -0.2) is 4.98 Å². The molecule has 7 nitrogen and oxygen atoms in total. The molecule has 1 aliphatic rings. The monoisotopic (exact) mass is 497 g/mol. The van der Waals surface area contributed by atoms with Crippen LogP contribution in [0.2, 0.25) is 0 Å². The molecule has 0 bridgehead atoms. The Kier molecular flexibility index (Phi) is 7.55. The van der Waals surface area contributed by atoms with Crippen molar-refractivity contribution in [3.8, 4) is 0 Å². The van der Waals surface area contributed by atoms with E-state index in [0.717, 1.165) is 43.6 Å². The number of fused-ring (bicyclic) bond motifs is 1. The van der Waals surface area contributed by atoms with Crippen molar-refractivity contribution in [2.75, 3.05) is 44.2 Å². The van der Waals surface area contributed by atoms with Gasteiger partial charge in [0.15, 0.2) is 0 Å². The molecule has 1 aliphatic heterocycles. The number of hydrogen-bond acceptors (Lipinski definition) is 5. The van der Waals surface area contributed by atoms with Crippen LogP contribution in [0.5, 0.6) is 0 Å². The Bertz CT molecular complexity index is 1110. The lowest BCUT2D eigenvalue weighted by atomic mass is 10.2. The number of piperazine rings is 1. The second-order valence-electron chi connectivity index (χ2n) is 8.02. The summed E-state index contributed by atoms with van der Waals surface area (Å²) in [7, 11) is 0. The van der Waals surface area contributed by atoms with E-state index in [-0.39, 0.29) is 17.9 Å². The predicted molar refractivity (Wildman–Crippen MR) is 131 cm³/mol. The van der Waals surface area contributed by atoms with E-state index in [9.17, 15) is 9.59 Å². The second-order valence-corrected chi connectivity index (χ2v) is 8.94. The lowest BCUT2D eigenvalue weighted by Crippen LogP contribution is -2.47. The van der Waals surface area contributed by atoms with Gasteiger partial charge in [-0.1, -0.05) is 34.1 Å². The number of hydrogen-bond donors (Lipinski definition) is 1. The molecule has 0 aliphatic carbocycles. The maximum Gasteiger partial charge on any atom is 0.261 e. The van der Waals surface area contributed by atoms with E-state index in [1.54, 1.807) is 12.1 Å². The van der Waals surface area contributed by atoms with E-state index in [4.69, 9.17) is 0 Å². The van der Waals surface area contributed by atoms with Crippen LogP contribution in [0.15, 0.2) is 64.1 Å². The van der Waals surface area contributed by atoms with Gasteiger partial charge < -0.3 is 10.2 Å². The van der Waals surface area contributed by atoms with E-state index in [0.29, 0.717) is 24.0 Å². The van der Waals surface area contributed by atoms with Crippen LogP contribution in [-0.2, 0) is 11.3 Å². The molecular formula is C24H28BrN5O2. The molecule has 1 fully saturated rings. The topological polar surface area (TPSA) is 70.5 Å². The Morgan fingerprint density at radius 1 is 1.03 bits per heavy atom. The van der Waals surface area contributed by atoms with E-state index in [1.807, 2.05) is 12.1 Å². The zero-order valence-corrected chi connectivity index (χ0v) is 19.6. The van der Waals surface area contributed by atoms with Gasteiger partial charge in [-0.05, 0) is 43.3 Å². The first kappa shape index (κ1) is 22.5. The minimum Gasteiger partial charge on any atom is -0.369 e. The molecule has 0 saturated carbocycles. The summed E-state index contributed by atoms with van der Waals surface area (Å²) in [6.45, 7) is 6.08. The van der Waals surface area contributed by atoms with Gasteiger partial charge in [-0.15, -0.1) is 0 Å². The highest BCUT2D eigenvalue weighted by molar-refractivity contribution is 9.10. The number of carbonyl (C=O) groups is 1. The molecule has 1 N–H and O–H groups in total. The first-order chi connectivity index (χ1) is 15.6. The van der Waals surface area contributed by atoms with Crippen molar-refractivity contribution >= 4 is 38.4 Å². The van der Waals surface area contributed by atoms with Gasteiger partial charge in [0, 0.05) is 55.8 Å². The summed E-state index contributed by atoms with van der Waals surface area (Å²) in [5.74, 6) is -0.0415. The average molecular weight is 498 g/mol. The smallest absolute Gasteiger partial charge is 0.261 e. The van der Waals surface area contributed by atoms with Crippen molar-refractivity contribution in [3.05, 3.63) is 69.7 Å². The van der Waals surface area contributed by atoms with Crippen LogP contribution < -0.4 is 15.8 Å². The largest absolute Gasteiger partial charge is 0.369 e. The molecule has 0 spiro atoms. The first-order valence-electron chi connectivity index (χ1n) is 11.0. The first-order valence-corrected chi connectivity index (χ1v) is 11.8.